The van der Waals surface area contributed by atoms with E-state index in [0.717, 1.165) is 28.5 Å². The van der Waals surface area contributed by atoms with Gasteiger partial charge in [0, 0.05) is 34.5 Å². The Morgan fingerprint density at radius 2 is 1.70 bits per heavy atom. The summed E-state index contributed by atoms with van der Waals surface area (Å²) in [5.74, 6) is -2.54. The predicted molar refractivity (Wildman–Crippen MR) is 200 cm³/mol. The van der Waals surface area contributed by atoms with E-state index in [1.165, 1.54) is 30.9 Å². The quantitative estimate of drug-likeness (QED) is 0.131. The van der Waals surface area contributed by atoms with Crippen LogP contribution in [0.5, 0.6) is 0 Å². The third-order valence-corrected chi connectivity index (χ3v) is 12.9. The molecule has 1 N–H and O–H groups in total. The molecular formula is C35H42Cl3F2N4O4S2+. The summed E-state index contributed by atoms with van der Waals surface area (Å²) in [6, 6.07) is 11.9. The number of carbonyl (C=O) groups is 1. The number of thioether (sulfide) groups is 1. The lowest BCUT2D eigenvalue weighted by atomic mass is 9.77. The molecule has 0 fully saturated rings. The van der Waals surface area contributed by atoms with Gasteiger partial charge in [0.15, 0.2) is 5.17 Å². The number of amidine groups is 1. The molecule has 272 valence electrons. The van der Waals surface area contributed by atoms with E-state index in [0.29, 0.717) is 44.8 Å². The van der Waals surface area contributed by atoms with Crippen molar-refractivity contribution >= 4 is 73.4 Å². The molecule has 0 radical (unpaired) electrons. The van der Waals surface area contributed by atoms with Gasteiger partial charge in [-0.1, -0.05) is 66.5 Å². The molecule has 0 aliphatic carbocycles. The second-order valence-electron chi connectivity index (χ2n) is 13.9. The summed E-state index contributed by atoms with van der Waals surface area (Å²) in [6.07, 6.45) is 1.32. The number of unbranched alkanes of at least 4 members (excludes halogenated alkanes) is 1. The van der Waals surface area contributed by atoms with Crippen LogP contribution in [0.15, 0.2) is 64.5 Å². The Morgan fingerprint density at radius 1 is 1.04 bits per heavy atom. The van der Waals surface area contributed by atoms with Crippen molar-refractivity contribution in [2.75, 3.05) is 46.2 Å². The van der Waals surface area contributed by atoms with Gasteiger partial charge in [-0.05, 0) is 73.4 Å². The number of anilines is 1. The molecule has 4 rings (SSSR count). The Balaban J connectivity index is 1.56. The maximum absolute atomic E-state index is 15.7. The molecule has 3 aromatic rings. The van der Waals surface area contributed by atoms with Crippen LogP contribution in [0.1, 0.15) is 44.2 Å². The number of quaternary nitrogens is 1. The zero-order valence-corrected chi connectivity index (χ0v) is 32.7. The Kier molecular flexibility index (Phi) is 13.0. The molecule has 1 aliphatic heterocycles. The van der Waals surface area contributed by atoms with Gasteiger partial charge in [-0.15, -0.1) is 0 Å². The van der Waals surface area contributed by atoms with Gasteiger partial charge in [-0.3, -0.25) is 9.79 Å². The Morgan fingerprint density at radius 3 is 2.28 bits per heavy atom. The van der Waals surface area contributed by atoms with Gasteiger partial charge in [0.05, 0.1) is 55.2 Å². The standard InChI is InChI=1S/C35H41Cl3F2N4O4S2/c1-35(2,22-10-15-27(36)29(38)17-22)32-20-41-34(43(32)24-13-11-23(39)12-14-24)49-21-26-28(37)18-25(19-30(26)40)50(47,48)42(3)31(33(45)46)9-7-8-16-44(4,5)6/h10-15,17-19,31-32H,7-9,16,20-21H2,1-6H3/p+1/t31-,32?/m0/s1. The van der Waals surface area contributed by atoms with Crippen molar-refractivity contribution in [2.45, 2.75) is 61.3 Å². The number of carboxylic acid groups (broad SMARTS) is 1. The zero-order chi connectivity index (χ0) is 37.2. The Hall–Kier alpha value is -2.45. The second-order valence-corrected chi connectivity index (χ2v) is 18.0. The van der Waals surface area contributed by atoms with E-state index >= 15 is 4.39 Å². The summed E-state index contributed by atoms with van der Waals surface area (Å²) in [5.41, 5.74) is 1.12. The molecule has 2 atom stereocenters. The lowest BCUT2D eigenvalue weighted by molar-refractivity contribution is -0.870. The van der Waals surface area contributed by atoms with Crippen molar-refractivity contribution in [3.63, 3.8) is 0 Å². The highest BCUT2D eigenvalue weighted by Gasteiger charge is 2.42. The summed E-state index contributed by atoms with van der Waals surface area (Å²) in [6.45, 7) is 5.26. The maximum Gasteiger partial charge on any atom is 0.322 e. The first-order valence-electron chi connectivity index (χ1n) is 15.9. The number of benzene rings is 3. The number of rotatable bonds is 14. The topological polar surface area (TPSA) is 90.3 Å². The number of hydrogen-bond donors (Lipinski definition) is 1. The van der Waals surface area contributed by atoms with Crippen molar-refractivity contribution < 1.29 is 31.6 Å². The molecule has 0 aromatic heterocycles. The summed E-state index contributed by atoms with van der Waals surface area (Å²) < 4.78 is 58.2. The fourth-order valence-electron chi connectivity index (χ4n) is 5.82. The monoisotopic (exact) mass is 789 g/mol. The van der Waals surface area contributed by atoms with E-state index < -0.39 is 44.0 Å². The van der Waals surface area contributed by atoms with Crippen LogP contribution >= 0.6 is 46.6 Å². The predicted octanol–water partition coefficient (Wildman–Crippen LogP) is 8.33. The minimum absolute atomic E-state index is 0.00131. The molecule has 15 heteroatoms. The maximum atomic E-state index is 15.7. The molecule has 1 unspecified atom stereocenters. The molecule has 0 spiro atoms. The average molecular weight is 791 g/mol. The fourth-order valence-corrected chi connectivity index (χ4v) is 9.03. The summed E-state index contributed by atoms with van der Waals surface area (Å²) in [7, 11) is 2.83. The highest BCUT2D eigenvalue weighted by atomic mass is 35.5. The smallest absolute Gasteiger partial charge is 0.322 e. The van der Waals surface area contributed by atoms with Crippen LogP contribution in [0.2, 0.25) is 15.1 Å². The lowest BCUT2D eigenvalue weighted by Crippen LogP contribution is -2.48. The molecule has 1 heterocycles. The van der Waals surface area contributed by atoms with Crippen molar-refractivity contribution in [3.8, 4) is 0 Å². The van der Waals surface area contributed by atoms with Crippen LogP contribution in [0.3, 0.4) is 0 Å². The number of hydrogen-bond acceptors (Lipinski definition) is 6. The number of likely N-dealkylation sites (N-methyl/N-ethyl adjacent to an activating group) is 1. The molecule has 50 heavy (non-hydrogen) atoms. The normalized spacial score (nSPS) is 16.2. The van der Waals surface area contributed by atoms with Crippen LogP contribution in [0.25, 0.3) is 0 Å². The first-order valence-corrected chi connectivity index (χ1v) is 19.5. The van der Waals surface area contributed by atoms with Gasteiger partial charge in [-0.2, -0.15) is 4.31 Å². The van der Waals surface area contributed by atoms with E-state index in [1.54, 1.807) is 18.2 Å². The molecule has 0 saturated heterocycles. The minimum atomic E-state index is -4.41. The Bertz CT molecular complexity index is 1830. The molecule has 8 nitrogen and oxygen atoms in total. The summed E-state index contributed by atoms with van der Waals surface area (Å²) in [5, 5.41) is 11.1. The highest BCUT2D eigenvalue weighted by molar-refractivity contribution is 8.13. The third kappa shape index (κ3) is 9.31. The van der Waals surface area contributed by atoms with Crippen LogP contribution < -0.4 is 4.90 Å². The lowest BCUT2D eigenvalue weighted by Gasteiger charge is -2.39. The van der Waals surface area contributed by atoms with Crippen molar-refractivity contribution in [1.29, 1.82) is 0 Å². The van der Waals surface area contributed by atoms with E-state index in [9.17, 15) is 22.7 Å². The van der Waals surface area contributed by atoms with Crippen LogP contribution in [-0.2, 0) is 26.0 Å². The first kappa shape index (κ1) is 40.3. The number of aliphatic carboxylic acids is 1. The molecule has 3 aromatic carbocycles. The van der Waals surface area contributed by atoms with Gasteiger partial charge in [-0.25, -0.2) is 17.2 Å². The molecule has 1 aliphatic rings. The van der Waals surface area contributed by atoms with Crippen molar-refractivity contribution in [2.24, 2.45) is 4.99 Å². The van der Waals surface area contributed by atoms with Gasteiger partial charge in [0.2, 0.25) is 10.0 Å². The van der Waals surface area contributed by atoms with E-state index in [1.807, 2.05) is 52.0 Å². The molecule has 0 amide bonds. The first-order chi connectivity index (χ1) is 23.2. The van der Waals surface area contributed by atoms with Gasteiger partial charge in [0.1, 0.15) is 17.7 Å². The van der Waals surface area contributed by atoms with Crippen molar-refractivity contribution in [3.05, 3.63) is 92.4 Å². The number of halogens is 5. The van der Waals surface area contributed by atoms with E-state index in [4.69, 9.17) is 39.8 Å². The second kappa shape index (κ2) is 16.1. The van der Waals surface area contributed by atoms with E-state index in [-0.39, 0.29) is 28.8 Å². The number of aliphatic imine (C=N–C) groups is 1. The van der Waals surface area contributed by atoms with E-state index in [2.05, 4.69) is 0 Å². The van der Waals surface area contributed by atoms with Crippen LogP contribution in [-0.4, -0.2) is 86.8 Å². The summed E-state index contributed by atoms with van der Waals surface area (Å²) in [4.78, 5) is 18.4. The third-order valence-electron chi connectivity index (χ3n) is 8.94. The highest BCUT2D eigenvalue weighted by Crippen LogP contribution is 2.41. The number of nitrogens with zero attached hydrogens (tertiary/aromatic N) is 4. The molecular weight excluding hydrogens is 749 g/mol. The van der Waals surface area contributed by atoms with Gasteiger partial charge in [0.25, 0.3) is 0 Å². The SMILES string of the molecule is CN([C@@H](CCCC[N+](C)(C)C)C(=O)O)S(=O)(=O)c1cc(F)c(CSC2=NCC(C(C)(C)c3ccc(Cl)c(Cl)c3)N2c2ccc(F)cc2)c(Cl)c1. The average Bonchev–Trinajstić information content (AvgIpc) is 3.46. The number of sulfonamides is 1. The largest absolute Gasteiger partial charge is 0.480 e. The van der Waals surface area contributed by atoms with Crippen LogP contribution in [0.4, 0.5) is 14.5 Å². The minimum Gasteiger partial charge on any atom is -0.480 e. The Labute approximate surface area is 312 Å². The number of carboxylic acids is 1. The fraction of sp³-hybridized carbons (Fsp3) is 0.429. The van der Waals surface area contributed by atoms with Gasteiger partial charge >= 0.3 is 5.97 Å². The zero-order valence-electron chi connectivity index (χ0n) is 28.8. The molecule has 0 bridgehead atoms. The summed E-state index contributed by atoms with van der Waals surface area (Å²) >= 11 is 20.3. The molecule has 0 saturated carbocycles. The van der Waals surface area contributed by atoms with Crippen molar-refractivity contribution in [1.82, 2.24) is 4.31 Å². The van der Waals surface area contributed by atoms with Gasteiger partial charge < -0.3 is 14.5 Å². The van der Waals surface area contributed by atoms with Crippen LogP contribution in [0, 0.1) is 11.6 Å².